The zero-order valence-corrected chi connectivity index (χ0v) is 9.48. The second kappa shape index (κ2) is 6.72. The highest BCUT2D eigenvalue weighted by atomic mass is 16.5. The van der Waals surface area contributed by atoms with Gasteiger partial charge in [0.05, 0.1) is 31.2 Å². The third-order valence-corrected chi connectivity index (χ3v) is 2.14. The Hall–Kier alpha value is -1.79. The van der Waals surface area contributed by atoms with Gasteiger partial charge in [-0.15, -0.1) is 0 Å². The van der Waals surface area contributed by atoms with Crippen LogP contribution in [0.15, 0.2) is 18.2 Å². The zero-order chi connectivity index (χ0) is 12.7. The first-order chi connectivity index (χ1) is 8.15. The van der Waals surface area contributed by atoms with Gasteiger partial charge in [0, 0.05) is 12.1 Å². The van der Waals surface area contributed by atoms with Crippen LogP contribution < -0.4 is 16.8 Å². The number of carbonyl (C=O) groups excluding carboxylic acids is 1. The quantitative estimate of drug-likeness (QED) is 0.388. The number of nitrogen functional groups attached to an aromatic ring is 1. The second-order valence-electron chi connectivity index (χ2n) is 3.43. The molecular formula is C11H17N3O3. The number of carbonyl (C=O) groups is 1. The predicted octanol–water partition coefficient (Wildman–Crippen LogP) is -0.212. The molecule has 1 amide bonds. The van der Waals surface area contributed by atoms with Gasteiger partial charge in [0.15, 0.2) is 0 Å². The second-order valence-corrected chi connectivity index (χ2v) is 3.43. The summed E-state index contributed by atoms with van der Waals surface area (Å²) >= 11 is 0. The molecule has 0 unspecified atom stereocenters. The van der Waals surface area contributed by atoms with Crippen LogP contribution in [-0.4, -0.2) is 37.4 Å². The molecule has 94 valence electrons. The summed E-state index contributed by atoms with van der Waals surface area (Å²) < 4.78 is 5.08. The first kappa shape index (κ1) is 13.3. The summed E-state index contributed by atoms with van der Waals surface area (Å²) in [6, 6.07) is 4.80. The highest BCUT2D eigenvalue weighted by Gasteiger charge is 2.04. The average molecular weight is 239 g/mol. The normalized spacial score (nSPS) is 10.2. The van der Waals surface area contributed by atoms with Crippen molar-refractivity contribution in [1.82, 2.24) is 0 Å². The predicted molar refractivity (Wildman–Crippen MR) is 65.8 cm³/mol. The van der Waals surface area contributed by atoms with Crippen molar-refractivity contribution in [2.45, 2.75) is 0 Å². The van der Waals surface area contributed by atoms with E-state index in [-0.39, 0.29) is 6.61 Å². The Bertz CT molecular complexity index is 382. The molecule has 0 heterocycles. The first-order valence-corrected chi connectivity index (χ1v) is 5.27. The summed E-state index contributed by atoms with van der Waals surface area (Å²) in [4.78, 5) is 11.0. The first-order valence-electron chi connectivity index (χ1n) is 5.27. The van der Waals surface area contributed by atoms with Gasteiger partial charge in [-0.1, -0.05) is 0 Å². The van der Waals surface area contributed by atoms with Gasteiger partial charge in [0.2, 0.25) is 5.91 Å². The summed E-state index contributed by atoms with van der Waals surface area (Å²) in [5, 5.41) is 11.5. The van der Waals surface area contributed by atoms with Crippen molar-refractivity contribution in [3.8, 4) is 0 Å². The number of hydrogen-bond acceptors (Lipinski definition) is 5. The van der Waals surface area contributed by atoms with E-state index >= 15 is 0 Å². The lowest BCUT2D eigenvalue weighted by Gasteiger charge is -2.10. The van der Waals surface area contributed by atoms with E-state index < -0.39 is 5.91 Å². The number of hydrogen-bond donors (Lipinski definition) is 4. The van der Waals surface area contributed by atoms with Crippen molar-refractivity contribution in [1.29, 1.82) is 0 Å². The number of rotatable bonds is 7. The Labute approximate surface area is 99.6 Å². The SMILES string of the molecule is NC(=O)c1ccc(N)c(NCCOCCO)c1. The average Bonchev–Trinajstić information content (AvgIpc) is 2.30. The van der Waals surface area contributed by atoms with Gasteiger partial charge < -0.3 is 26.6 Å². The van der Waals surface area contributed by atoms with E-state index in [1.54, 1.807) is 18.2 Å². The largest absolute Gasteiger partial charge is 0.397 e. The standard InChI is InChI=1S/C11H17N3O3/c12-9-2-1-8(11(13)16)7-10(9)14-3-5-17-6-4-15/h1-2,7,14-15H,3-6,12H2,(H2,13,16). The zero-order valence-electron chi connectivity index (χ0n) is 9.48. The van der Waals surface area contributed by atoms with Crippen LogP contribution in [-0.2, 0) is 4.74 Å². The molecule has 0 radical (unpaired) electrons. The molecule has 6 N–H and O–H groups in total. The number of ether oxygens (including phenoxy) is 1. The fourth-order valence-electron chi connectivity index (χ4n) is 1.29. The van der Waals surface area contributed by atoms with Crippen molar-refractivity contribution in [2.75, 3.05) is 37.4 Å². The highest BCUT2D eigenvalue weighted by molar-refractivity contribution is 5.94. The van der Waals surface area contributed by atoms with E-state index in [0.29, 0.717) is 36.7 Å². The molecule has 0 aromatic heterocycles. The van der Waals surface area contributed by atoms with Gasteiger partial charge in [-0.05, 0) is 18.2 Å². The van der Waals surface area contributed by atoms with Crippen LogP contribution in [0, 0.1) is 0 Å². The van der Waals surface area contributed by atoms with Crippen LogP contribution in [0.5, 0.6) is 0 Å². The molecule has 0 atom stereocenters. The van der Waals surface area contributed by atoms with Crippen LogP contribution in [0.1, 0.15) is 10.4 Å². The summed E-state index contributed by atoms with van der Waals surface area (Å²) in [5.41, 5.74) is 12.5. The Balaban J connectivity index is 2.51. The van der Waals surface area contributed by atoms with E-state index in [4.69, 9.17) is 21.3 Å². The minimum absolute atomic E-state index is 0.000695. The van der Waals surface area contributed by atoms with Gasteiger partial charge in [0.1, 0.15) is 0 Å². The summed E-state index contributed by atoms with van der Waals surface area (Å²) in [6.45, 7) is 1.28. The summed E-state index contributed by atoms with van der Waals surface area (Å²) in [5.74, 6) is -0.496. The minimum Gasteiger partial charge on any atom is -0.397 e. The smallest absolute Gasteiger partial charge is 0.248 e. The molecule has 1 aromatic carbocycles. The summed E-state index contributed by atoms with van der Waals surface area (Å²) in [7, 11) is 0. The lowest BCUT2D eigenvalue weighted by molar-refractivity contribution is 0.0992. The number of aliphatic hydroxyl groups is 1. The number of benzene rings is 1. The van der Waals surface area contributed by atoms with E-state index in [1.165, 1.54) is 0 Å². The number of amides is 1. The van der Waals surface area contributed by atoms with E-state index in [9.17, 15) is 4.79 Å². The van der Waals surface area contributed by atoms with Crippen molar-refractivity contribution in [3.05, 3.63) is 23.8 Å². The molecule has 17 heavy (non-hydrogen) atoms. The lowest BCUT2D eigenvalue weighted by Crippen LogP contribution is -2.14. The number of aliphatic hydroxyl groups excluding tert-OH is 1. The fraction of sp³-hybridized carbons (Fsp3) is 0.364. The fourth-order valence-corrected chi connectivity index (χ4v) is 1.29. The van der Waals surface area contributed by atoms with Crippen LogP contribution in [0.25, 0.3) is 0 Å². The Kier molecular flexibility index (Phi) is 5.25. The molecule has 0 aliphatic heterocycles. The Morgan fingerprint density at radius 1 is 1.41 bits per heavy atom. The number of anilines is 2. The maximum absolute atomic E-state index is 11.0. The Morgan fingerprint density at radius 3 is 2.82 bits per heavy atom. The van der Waals surface area contributed by atoms with Crippen molar-refractivity contribution < 1.29 is 14.6 Å². The topological polar surface area (TPSA) is 111 Å². The van der Waals surface area contributed by atoms with Gasteiger partial charge in [-0.3, -0.25) is 4.79 Å². The van der Waals surface area contributed by atoms with Crippen molar-refractivity contribution in [2.24, 2.45) is 5.73 Å². The molecule has 0 spiro atoms. The molecule has 0 saturated heterocycles. The Morgan fingerprint density at radius 2 is 2.18 bits per heavy atom. The van der Waals surface area contributed by atoms with Gasteiger partial charge >= 0.3 is 0 Å². The van der Waals surface area contributed by atoms with Crippen LogP contribution in [0.4, 0.5) is 11.4 Å². The van der Waals surface area contributed by atoms with Crippen LogP contribution in [0.2, 0.25) is 0 Å². The number of nitrogens with two attached hydrogens (primary N) is 2. The molecule has 0 fully saturated rings. The lowest BCUT2D eigenvalue weighted by atomic mass is 10.1. The number of nitrogens with one attached hydrogen (secondary N) is 1. The monoisotopic (exact) mass is 239 g/mol. The maximum Gasteiger partial charge on any atom is 0.248 e. The van der Waals surface area contributed by atoms with Gasteiger partial charge in [-0.2, -0.15) is 0 Å². The molecular weight excluding hydrogens is 222 g/mol. The highest BCUT2D eigenvalue weighted by Crippen LogP contribution is 2.19. The molecule has 6 nitrogen and oxygen atoms in total. The van der Waals surface area contributed by atoms with Crippen molar-refractivity contribution >= 4 is 17.3 Å². The van der Waals surface area contributed by atoms with E-state index in [2.05, 4.69) is 5.32 Å². The van der Waals surface area contributed by atoms with Crippen molar-refractivity contribution in [3.63, 3.8) is 0 Å². The molecule has 1 rings (SSSR count). The third kappa shape index (κ3) is 4.29. The van der Waals surface area contributed by atoms with E-state index in [1.807, 2.05) is 0 Å². The van der Waals surface area contributed by atoms with E-state index in [0.717, 1.165) is 0 Å². The van der Waals surface area contributed by atoms with Crippen LogP contribution in [0.3, 0.4) is 0 Å². The molecule has 0 saturated carbocycles. The molecule has 1 aromatic rings. The molecule has 0 aliphatic carbocycles. The minimum atomic E-state index is -0.496. The number of primary amides is 1. The molecule has 0 bridgehead atoms. The third-order valence-electron chi connectivity index (χ3n) is 2.14. The van der Waals surface area contributed by atoms with Gasteiger partial charge in [0.25, 0.3) is 0 Å². The molecule has 6 heteroatoms. The molecule has 0 aliphatic rings. The summed E-state index contributed by atoms with van der Waals surface area (Å²) in [6.07, 6.45) is 0. The van der Waals surface area contributed by atoms with Crippen LogP contribution >= 0.6 is 0 Å². The maximum atomic E-state index is 11.0. The van der Waals surface area contributed by atoms with Gasteiger partial charge in [-0.25, -0.2) is 0 Å².